The monoisotopic (exact) mass is 807 g/mol. The molecule has 0 aliphatic carbocycles. The summed E-state index contributed by atoms with van der Waals surface area (Å²) in [7, 11) is -3.36. The summed E-state index contributed by atoms with van der Waals surface area (Å²) in [6.45, 7) is 10.9. The van der Waals surface area contributed by atoms with Gasteiger partial charge in [-0.05, 0) is 87.4 Å². The summed E-state index contributed by atoms with van der Waals surface area (Å²) in [5.41, 5.74) is 5.96. The topological polar surface area (TPSA) is 181 Å². The first-order valence-electron chi connectivity index (χ1n) is 17.8. The predicted octanol–water partition coefficient (Wildman–Crippen LogP) is 7.02. The van der Waals surface area contributed by atoms with E-state index in [1.807, 2.05) is 36.9 Å². The fourth-order valence-corrected chi connectivity index (χ4v) is 7.23. The lowest BCUT2D eigenvalue weighted by molar-refractivity contribution is 0.0741. The first-order valence-corrected chi connectivity index (χ1v) is 20.4. The number of aryl methyl sites for hydroxylation is 2. The lowest BCUT2D eigenvalue weighted by atomic mass is 10.1. The number of rotatable bonds is 10. The minimum absolute atomic E-state index is 0.0694. The fourth-order valence-electron chi connectivity index (χ4n) is 6.29. The maximum Gasteiger partial charge on any atom is 0.271 e. The number of carbonyl (C=O) groups is 1. The van der Waals surface area contributed by atoms with Crippen molar-refractivity contribution >= 4 is 84.0 Å². The summed E-state index contributed by atoms with van der Waals surface area (Å²) in [6, 6.07) is 16.3. The number of aromatic amines is 2. The zero-order valence-electron chi connectivity index (χ0n) is 31.1. The highest BCUT2D eigenvalue weighted by atomic mass is 35.5. The van der Waals surface area contributed by atoms with Crippen LogP contribution in [0.3, 0.4) is 0 Å². The normalized spacial score (nSPS) is 13.2. The largest absolute Gasteiger partial charge is 0.437 e. The number of anilines is 4. The van der Waals surface area contributed by atoms with Crippen molar-refractivity contribution in [3.8, 4) is 0 Å². The number of amides is 1. The third-order valence-corrected chi connectivity index (χ3v) is 10.1. The van der Waals surface area contributed by atoms with Crippen molar-refractivity contribution in [2.45, 2.75) is 46.7 Å². The van der Waals surface area contributed by atoms with E-state index in [4.69, 9.17) is 27.6 Å². The molecule has 0 unspecified atom stereocenters. The second kappa shape index (κ2) is 16.6. The smallest absolute Gasteiger partial charge is 0.271 e. The van der Waals surface area contributed by atoms with Gasteiger partial charge in [0, 0.05) is 60.7 Å². The number of piperazine rings is 1. The molecular formula is C38H43Cl2N9O5S. The summed E-state index contributed by atoms with van der Waals surface area (Å²) in [5, 5.41) is 8.17. The highest BCUT2D eigenvalue weighted by Crippen LogP contribution is 2.30. The van der Waals surface area contributed by atoms with Gasteiger partial charge in [0.2, 0.25) is 15.9 Å². The van der Waals surface area contributed by atoms with Crippen molar-refractivity contribution in [1.29, 1.82) is 0 Å². The molecule has 0 atom stereocenters. The predicted molar refractivity (Wildman–Crippen MR) is 220 cm³/mol. The summed E-state index contributed by atoms with van der Waals surface area (Å²) >= 11 is 12.2. The quantitative estimate of drug-likeness (QED) is 0.0965. The Morgan fingerprint density at radius 2 is 1.75 bits per heavy atom. The molecule has 1 fully saturated rings. The van der Waals surface area contributed by atoms with Crippen LogP contribution in [0.5, 0.6) is 0 Å². The first-order chi connectivity index (χ1) is 26.2. The Bertz CT molecular complexity index is 2470. The standard InChI is InChI=1S/C22H28N6O3S.C16H15Cl2N3O2/c1-15(2)24-19-5-4-8-23-21(19)27-9-11-28(12-10-27)22(29)20-14-16-13-17(26-32(3,30)31)6-7-18(16)25-20;1-3-9-6-12(16(22)20-8(9)2)19-7-13-21-14-10(17)4-5-11(18)15(14)23-13/h4-8,13-15,24-26H,9-12H2,1-3H3;4-6,19H,3,7H2,1-2H3,(H,20,22). The van der Waals surface area contributed by atoms with E-state index in [0.717, 1.165) is 46.3 Å². The summed E-state index contributed by atoms with van der Waals surface area (Å²) < 4.78 is 31.0. The van der Waals surface area contributed by atoms with Gasteiger partial charge in [0.05, 0.1) is 28.5 Å². The van der Waals surface area contributed by atoms with Gasteiger partial charge in [0.25, 0.3) is 11.5 Å². The first kappa shape index (κ1) is 39.4. The van der Waals surface area contributed by atoms with E-state index in [-0.39, 0.29) is 18.0 Å². The molecule has 1 saturated heterocycles. The molecule has 55 heavy (non-hydrogen) atoms. The lowest BCUT2D eigenvalue weighted by Crippen LogP contribution is -2.49. The molecule has 6 aromatic rings. The number of pyridine rings is 2. The van der Waals surface area contributed by atoms with Gasteiger partial charge in [-0.1, -0.05) is 30.1 Å². The molecular weight excluding hydrogens is 765 g/mol. The molecule has 0 radical (unpaired) electrons. The van der Waals surface area contributed by atoms with Gasteiger partial charge < -0.3 is 34.8 Å². The Hall–Kier alpha value is -5.25. The van der Waals surface area contributed by atoms with Crippen molar-refractivity contribution in [1.82, 2.24) is 24.8 Å². The zero-order valence-corrected chi connectivity index (χ0v) is 33.4. The Labute approximate surface area is 328 Å². The van der Waals surface area contributed by atoms with Crippen molar-refractivity contribution in [2.75, 3.05) is 52.7 Å². The SMILES string of the molecule is CC(C)Nc1cccnc1N1CCN(C(=O)c2cc3cc(NS(C)(=O)=O)ccc3[nH]2)CC1.CCc1cc(NCc2nc3c(Cl)ccc(Cl)c3o2)c(=O)[nH]c1C. The maximum absolute atomic E-state index is 13.1. The average molecular weight is 809 g/mol. The number of hydrogen-bond acceptors (Lipinski definition) is 10. The van der Waals surface area contributed by atoms with Gasteiger partial charge in [0.15, 0.2) is 11.4 Å². The summed E-state index contributed by atoms with van der Waals surface area (Å²) in [4.78, 5) is 44.0. The number of oxazole rings is 1. The third kappa shape index (κ3) is 9.53. The lowest BCUT2D eigenvalue weighted by Gasteiger charge is -2.36. The fraction of sp³-hybridized carbons (Fsp3) is 0.316. The highest BCUT2D eigenvalue weighted by Gasteiger charge is 2.25. The molecule has 0 spiro atoms. The van der Waals surface area contributed by atoms with E-state index >= 15 is 0 Å². The van der Waals surface area contributed by atoms with Crippen molar-refractivity contribution in [3.05, 3.63) is 104 Å². The van der Waals surface area contributed by atoms with Gasteiger partial charge in [-0.3, -0.25) is 14.3 Å². The van der Waals surface area contributed by atoms with Gasteiger partial charge in [-0.25, -0.2) is 18.4 Å². The molecule has 290 valence electrons. The Morgan fingerprint density at radius 3 is 2.44 bits per heavy atom. The second-order valence-corrected chi connectivity index (χ2v) is 16.1. The molecule has 0 bridgehead atoms. The molecule has 2 aromatic carbocycles. The Balaban J connectivity index is 0.000000197. The van der Waals surface area contributed by atoms with E-state index < -0.39 is 10.0 Å². The number of H-pyrrole nitrogens is 2. The number of hydrogen-bond donors (Lipinski definition) is 5. The van der Waals surface area contributed by atoms with Crippen LogP contribution in [-0.4, -0.2) is 77.6 Å². The van der Waals surface area contributed by atoms with Crippen LogP contribution in [0, 0.1) is 6.92 Å². The average Bonchev–Trinajstić information content (AvgIpc) is 3.78. The molecule has 0 saturated carbocycles. The number of aromatic nitrogens is 4. The summed E-state index contributed by atoms with van der Waals surface area (Å²) in [6.07, 6.45) is 3.73. The number of nitrogens with zero attached hydrogens (tertiary/aromatic N) is 4. The van der Waals surface area contributed by atoms with Crippen molar-refractivity contribution in [2.24, 2.45) is 0 Å². The minimum Gasteiger partial charge on any atom is -0.437 e. The maximum atomic E-state index is 13.1. The minimum atomic E-state index is -3.36. The number of fused-ring (bicyclic) bond motifs is 2. The van der Waals surface area contributed by atoms with Crippen LogP contribution in [0.4, 0.5) is 22.9 Å². The van der Waals surface area contributed by atoms with E-state index in [0.29, 0.717) is 76.3 Å². The van der Waals surface area contributed by atoms with Gasteiger partial charge >= 0.3 is 0 Å². The summed E-state index contributed by atoms with van der Waals surface area (Å²) in [5.74, 6) is 1.25. The van der Waals surface area contributed by atoms with Gasteiger partial charge in [-0.15, -0.1) is 0 Å². The van der Waals surface area contributed by atoms with E-state index in [1.54, 1.807) is 42.6 Å². The number of benzene rings is 2. The second-order valence-electron chi connectivity index (χ2n) is 13.5. The number of halogens is 2. The molecule has 17 heteroatoms. The van der Waals surface area contributed by atoms with Crippen LogP contribution < -0.4 is 25.8 Å². The van der Waals surface area contributed by atoms with Crippen LogP contribution in [0.15, 0.2) is 70.0 Å². The number of sulfonamides is 1. The molecule has 5 heterocycles. The van der Waals surface area contributed by atoms with E-state index in [2.05, 4.69) is 54.0 Å². The Morgan fingerprint density at radius 1 is 1.00 bits per heavy atom. The van der Waals surface area contributed by atoms with Crippen molar-refractivity contribution in [3.63, 3.8) is 0 Å². The van der Waals surface area contributed by atoms with Gasteiger partial charge in [0.1, 0.15) is 16.9 Å². The third-order valence-electron chi connectivity index (χ3n) is 8.90. The molecule has 14 nitrogen and oxygen atoms in total. The van der Waals surface area contributed by atoms with Crippen LogP contribution >= 0.6 is 23.2 Å². The number of carbonyl (C=O) groups excluding carboxylic acids is 1. The van der Waals surface area contributed by atoms with Gasteiger partial charge in [-0.2, -0.15) is 0 Å². The molecule has 1 amide bonds. The van der Waals surface area contributed by atoms with E-state index in [1.165, 1.54) is 0 Å². The molecule has 1 aliphatic rings. The number of nitrogens with one attached hydrogen (secondary N) is 5. The molecule has 5 N–H and O–H groups in total. The van der Waals surface area contributed by atoms with Crippen LogP contribution in [0.25, 0.3) is 22.0 Å². The van der Waals surface area contributed by atoms with Crippen LogP contribution in [0.1, 0.15) is 48.4 Å². The zero-order chi connectivity index (χ0) is 39.4. The van der Waals surface area contributed by atoms with Crippen LogP contribution in [-0.2, 0) is 23.0 Å². The molecule has 1 aliphatic heterocycles. The Kier molecular flexibility index (Phi) is 11.9. The van der Waals surface area contributed by atoms with Crippen LogP contribution in [0.2, 0.25) is 10.0 Å². The highest BCUT2D eigenvalue weighted by molar-refractivity contribution is 7.92. The van der Waals surface area contributed by atoms with E-state index in [9.17, 15) is 18.0 Å². The van der Waals surface area contributed by atoms with Crippen molar-refractivity contribution < 1.29 is 17.6 Å². The molecule has 4 aromatic heterocycles. The molecule has 7 rings (SSSR count).